The number of carboxylic acid groups (broad SMARTS) is 1. The molecule has 0 radical (unpaired) electrons. The maximum absolute atomic E-state index is 12.6. The number of benzene rings is 2. The number of hydrogen-bond donors (Lipinski definition) is 3. The number of halogens is 1. The molecule has 4 bridgehead atoms. The van der Waals surface area contributed by atoms with Crippen LogP contribution >= 0.6 is 12.4 Å². The molecule has 37 heavy (non-hydrogen) atoms. The summed E-state index contributed by atoms with van der Waals surface area (Å²) >= 11 is 0. The smallest absolute Gasteiger partial charge is 0.412 e. The Morgan fingerprint density at radius 3 is 2.19 bits per heavy atom. The topological polar surface area (TPSA) is 102 Å². The summed E-state index contributed by atoms with van der Waals surface area (Å²) in [5, 5.41) is 11.8. The van der Waals surface area contributed by atoms with Gasteiger partial charge in [0.25, 0.3) is 0 Å². The number of amides is 1. The van der Waals surface area contributed by atoms with Gasteiger partial charge in [-0.3, -0.25) is 0 Å². The molecule has 2 aromatic carbocycles. The van der Waals surface area contributed by atoms with Crippen LogP contribution in [0, 0.1) is 17.8 Å². The van der Waals surface area contributed by atoms with Crippen LogP contribution in [-0.4, -0.2) is 30.3 Å². The fraction of sp³-hybridized carbons (Fsp3) is 0.467. The first-order chi connectivity index (χ1) is 17.4. The fourth-order valence-corrected chi connectivity index (χ4v) is 7.20. The van der Waals surface area contributed by atoms with Crippen molar-refractivity contribution in [2.75, 3.05) is 13.1 Å². The zero-order valence-electron chi connectivity index (χ0n) is 21.2. The average molecular weight is 525 g/mol. The van der Waals surface area contributed by atoms with E-state index >= 15 is 0 Å². The van der Waals surface area contributed by atoms with E-state index in [-0.39, 0.29) is 17.8 Å². The number of carbonyl (C=O) groups is 2. The van der Waals surface area contributed by atoms with Crippen molar-refractivity contribution < 1.29 is 19.4 Å². The zero-order chi connectivity index (χ0) is 25.1. The summed E-state index contributed by atoms with van der Waals surface area (Å²) in [7, 11) is 0. The van der Waals surface area contributed by atoms with Gasteiger partial charge in [0, 0.05) is 18.2 Å². The van der Waals surface area contributed by atoms with Crippen molar-refractivity contribution in [2.45, 2.75) is 56.8 Å². The Balaban J connectivity index is 0.00000320. The van der Waals surface area contributed by atoms with Crippen molar-refractivity contribution in [3.63, 3.8) is 0 Å². The molecule has 4 aliphatic carbocycles. The maximum atomic E-state index is 12.6. The van der Waals surface area contributed by atoms with E-state index in [9.17, 15) is 9.59 Å². The summed E-state index contributed by atoms with van der Waals surface area (Å²) in [6.07, 6.45) is 11.6. The van der Waals surface area contributed by atoms with Gasteiger partial charge in [-0.05, 0) is 116 Å². The van der Waals surface area contributed by atoms with Gasteiger partial charge in [0.05, 0.1) is 0 Å². The van der Waals surface area contributed by atoms with Gasteiger partial charge in [-0.2, -0.15) is 0 Å². The van der Waals surface area contributed by atoms with Crippen LogP contribution < -0.4 is 15.8 Å². The number of nitrogens with one attached hydrogen (secondary N) is 1. The maximum Gasteiger partial charge on any atom is 0.412 e. The fourth-order valence-electron chi connectivity index (χ4n) is 7.20. The Morgan fingerprint density at radius 1 is 0.973 bits per heavy atom. The molecule has 0 aromatic heterocycles. The standard InChI is InChI=1S/C30H36N2O4.ClH/c31-11-1-2-12-32-29(35)36-27-9-8-25(24-6-3-20(4-7-24)5-10-28(33)34)16-26(27)30-17-21-13-22(18-30)15-23(14-21)19-30;/h3-10,16,21-23H,1-2,11-15,17-19,31H2,(H,32,35)(H,33,34);1H/b10-5+;. The molecule has 6 nitrogen and oxygen atoms in total. The van der Waals surface area contributed by atoms with Gasteiger partial charge in [-0.1, -0.05) is 30.3 Å². The van der Waals surface area contributed by atoms with Gasteiger partial charge in [-0.25, -0.2) is 9.59 Å². The van der Waals surface area contributed by atoms with Gasteiger partial charge in [0.1, 0.15) is 5.75 Å². The summed E-state index contributed by atoms with van der Waals surface area (Å²) < 4.78 is 5.93. The minimum atomic E-state index is -0.960. The van der Waals surface area contributed by atoms with E-state index in [0.29, 0.717) is 18.8 Å². The Kier molecular flexibility index (Phi) is 8.60. The summed E-state index contributed by atoms with van der Waals surface area (Å²) in [5.41, 5.74) is 9.80. The summed E-state index contributed by atoms with van der Waals surface area (Å²) in [5.74, 6) is 2.05. The highest BCUT2D eigenvalue weighted by Gasteiger charge is 2.52. The van der Waals surface area contributed by atoms with Gasteiger partial charge in [0.2, 0.25) is 0 Å². The third-order valence-electron chi connectivity index (χ3n) is 8.35. The summed E-state index contributed by atoms with van der Waals surface area (Å²) in [4.78, 5) is 23.5. The molecular formula is C30H37ClN2O4. The van der Waals surface area contributed by atoms with Crippen LogP contribution in [0.1, 0.15) is 62.5 Å². The van der Waals surface area contributed by atoms with Crippen LogP contribution in [0.5, 0.6) is 5.75 Å². The van der Waals surface area contributed by atoms with Crippen LogP contribution in [0.3, 0.4) is 0 Å². The van der Waals surface area contributed by atoms with Crippen molar-refractivity contribution in [1.82, 2.24) is 5.32 Å². The van der Waals surface area contributed by atoms with Gasteiger partial charge >= 0.3 is 12.1 Å². The highest BCUT2D eigenvalue weighted by Crippen LogP contribution is 2.62. The number of carbonyl (C=O) groups excluding carboxylic acids is 1. The first kappa shape index (κ1) is 27.2. The van der Waals surface area contributed by atoms with Crippen molar-refractivity contribution >= 4 is 30.5 Å². The molecule has 4 aliphatic rings. The average Bonchev–Trinajstić information content (AvgIpc) is 2.85. The van der Waals surface area contributed by atoms with Crippen LogP contribution in [0.15, 0.2) is 48.5 Å². The summed E-state index contributed by atoms with van der Waals surface area (Å²) in [6.45, 7) is 1.18. The van der Waals surface area contributed by atoms with Crippen molar-refractivity contribution in [1.29, 1.82) is 0 Å². The Hall–Kier alpha value is -2.83. The van der Waals surface area contributed by atoms with E-state index in [0.717, 1.165) is 53.4 Å². The number of nitrogens with two attached hydrogens (primary N) is 1. The third kappa shape index (κ3) is 6.19. The predicted octanol–water partition coefficient (Wildman–Crippen LogP) is 6.17. The number of ether oxygens (including phenoxy) is 1. The van der Waals surface area contributed by atoms with E-state index in [1.807, 2.05) is 36.4 Å². The van der Waals surface area contributed by atoms with Gasteiger partial charge < -0.3 is 20.9 Å². The third-order valence-corrected chi connectivity index (χ3v) is 8.35. The molecular weight excluding hydrogens is 488 g/mol. The van der Waals surface area contributed by atoms with Crippen molar-refractivity contribution in [3.8, 4) is 16.9 Å². The van der Waals surface area contributed by atoms with Crippen LogP contribution in [0.4, 0.5) is 4.79 Å². The molecule has 1 amide bonds. The molecule has 0 heterocycles. The number of aliphatic carboxylic acids is 1. The molecule has 4 saturated carbocycles. The Labute approximate surface area is 225 Å². The number of carboxylic acids is 1. The highest BCUT2D eigenvalue weighted by molar-refractivity contribution is 5.85. The van der Waals surface area contributed by atoms with Crippen LogP contribution in [0.25, 0.3) is 17.2 Å². The largest absolute Gasteiger partial charge is 0.478 e. The van der Waals surface area contributed by atoms with E-state index in [4.69, 9.17) is 15.6 Å². The zero-order valence-corrected chi connectivity index (χ0v) is 22.0. The molecule has 4 N–H and O–H groups in total. The molecule has 0 spiro atoms. The molecule has 7 heteroatoms. The lowest BCUT2D eigenvalue weighted by molar-refractivity contribution is -0.131. The highest BCUT2D eigenvalue weighted by atomic mass is 35.5. The van der Waals surface area contributed by atoms with Crippen molar-refractivity contribution in [3.05, 3.63) is 59.7 Å². The van der Waals surface area contributed by atoms with E-state index in [1.54, 1.807) is 6.08 Å². The molecule has 2 aromatic rings. The normalized spacial score (nSPS) is 25.6. The first-order valence-corrected chi connectivity index (χ1v) is 13.3. The SMILES string of the molecule is Cl.NCCCCNC(=O)Oc1ccc(-c2ccc(/C=C/C(=O)O)cc2)cc1C12CC3CC(CC(C3)C1)C2. The molecule has 198 valence electrons. The van der Waals surface area contributed by atoms with Crippen LogP contribution in [0.2, 0.25) is 0 Å². The summed E-state index contributed by atoms with van der Waals surface area (Å²) in [6, 6.07) is 14.1. The molecule has 0 saturated heterocycles. The molecule has 6 rings (SSSR count). The predicted molar refractivity (Wildman–Crippen MR) is 148 cm³/mol. The number of rotatable bonds is 9. The monoisotopic (exact) mass is 524 g/mol. The molecule has 4 fully saturated rings. The lowest BCUT2D eigenvalue weighted by Crippen LogP contribution is -2.48. The molecule has 0 aliphatic heterocycles. The van der Waals surface area contributed by atoms with E-state index in [2.05, 4.69) is 11.4 Å². The number of unbranched alkanes of at least 4 members (excludes halogenated alkanes) is 1. The molecule has 0 atom stereocenters. The Bertz CT molecular complexity index is 1110. The van der Waals surface area contributed by atoms with Crippen LogP contribution in [-0.2, 0) is 10.2 Å². The first-order valence-electron chi connectivity index (χ1n) is 13.3. The second-order valence-electron chi connectivity index (χ2n) is 11.0. The quantitative estimate of drug-likeness (QED) is 0.269. The minimum absolute atomic E-state index is 0. The van der Waals surface area contributed by atoms with Gasteiger partial charge in [-0.15, -0.1) is 12.4 Å². The lowest BCUT2D eigenvalue weighted by Gasteiger charge is -2.57. The van der Waals surface area contributed by atoms with Crippen molar-refractivity contribution in [2.24, 2.45) is 23.5 Å². The second-order valence-corrected chi connectivity index (χ2v) is 11.0. The van der Waals surface area contributed by atoms with E-state index in [1.165, 1.54) is 44.1 Å². The van der Waals surface area contributed by atoms with E-state index < -0.39 is 12.1 Å². The Morgan fingerprint density at radius 2 is 1.59 bits per heavy atom. The number of hydrogen-bond acceptors (Lipinski definition) is 4. The second kappa shape index (κ2) is 11.7. The lowest BCUT2D eigenvalue weighted by atomic mass is 9.48. The van der Waals surface area contributed by atoms with Gasteiger partial charge in [0.15, 0.2) is 0 Å². The minimum Gasteiger partial charge on any atom is -0.478 e. The molecule has 0 unspecified atom stereocenters.